The first-order valence-corrected chi connectivity index (χ1v) is 7.54. The summed E-state index contributed by atoms with van der Waals surface area (Å²) in [6.45, 7) is 4.45. The van der Waals surface area contributed by atoms with Gasteiger partial charge in [-0.3, -0.25) is 0 Å². The van der Waals surface area contributed by atoms with Crippen molar-refractivity contribution >= 4 is 20.3 Å². The standard InChI is InChI=1S/C10H23PS/c1-3-5-7-9-12-10-11-8-6-4-2/h11H,3-10H2,1-2H3/i11D. The highest BCUT2D eigenvalue weighted by Crippen LogP contribution is 2.20. The molecule has 0 amide bonds. The van der Waals surface area contributed by atoms with E-state index in [2.05, 4.69) is 13.8 Å². The van der Waals surface area contributed by atoms with Crippen molar-refractivity contribution in [3.63, 3.8) is 0 Å². The normalized spacial score (nSPS) is 14.3. The fourth-order valence-corrected chi connectivity index (χ4v) is 3.41. The highest BCUT2D eigenvalue weighted by Gasteiger charge is 1.89. The van der Waals surface area contributed by atoms with Gasteiger partial charge in [0.15, 0.2) is 0 Å². The molecule has 0 aliphatic heterocycles. The molecule has 0 N–H and O–H groups in total. The summed E-state index contributed by atoms with van der Waals surface area (Å²) in [7, 11) is -0.394. The Morgan fingerprint density at radius 1 is 1.17 bits per heavy atom. The molecule has 0 heterocycles. The van der Waals surface area contributed by atoms with Crippen molar-refractivity contribution in [3.05, 3.63) is 0 Å². The van der Waals surface area contributed by atoms with Gasteiger partial charge in [0.25, 0.3) is 0 Å². The molecule has 1 atom stereocenters. The van der Waals surface area contributed by atoms with Gasteiger partial charge in [0.05, 0.1) is 1.28 Å². The van der Waals surface area contributed by atoms with Gasteiger partial charge in [-0.25, -0.2) is 0 Å². The number of hydrogen-bond acceptors (Lipinski definition) is 1. The van der Waals surface area contributed by atoms with Crippen LogP contribution in [-0.4, -0.2) is 18.7 Å². The summed E-state index contributed by atoms with van der Waals surface area (Å²) in [4.78, 5) is 0. The Morgan fingerprint density at radius 2 is 1.92 bits per heavy atom. The van der Waals surface area contributed by atoms with E-state index < -0.39 is 8.53 Å². The maximum Gasteiger partial charge on any atom is 0.0588 e. The fraction of sp³-hybridized carbons (Fsp3) is 1.00. The molecule has 1 unspecified atom stereocenters. The third-order valence-electron chi connectivity index (χ3n) is 1.74. The first-order valence-electron chi connectivity index (χ1n) is 5.57. The third-order valence-corrected chi connectivity index (χ3v) is 4.41. The molecule has 0 aromatic rings. The second kappa shape index (κ2) is 11.8. The summed E-state index contributed by atoms with van der Waals surface area (Å²) in [6, 6.07) is 0. The van der Waals surface area contributed by atoms with E-state index in [1.54, 1.807) is 0 Å². The van der Waals surface area contributed by atoms with Crippen LogP contribution in [-0.2, 0) is 0 Å². The Kier molecular flexibility index (Phi) is 10.7. The first-order chi connectivity index (χ1) is 6.31. The lowest BCUT2D eigenvalue weighted by molar-refractivity contribution is 0.779. The van der Waals surface area contributed by atoms with Crippen LogP contribution in [0.2, 0.25) is 0 Å². The molecular formula is C10H23PS. The predicted octanol–water partition coefficient (Wildman–Crippen LogP) is 4.35. The lowest BCUT2D eigenvalue weighted by Crippen LogP contribution is -1.81. The monoisotopic (exact) mass is 207 g/mol. The predicted molar refractivity (Wildman–Crippen MR) is 64.9 cm³/mol. The third kappa shape index (κ3) is 10.8. The van der Waals surface area contributed by atoms with Gasteiger partial charge in [0.1, 0.15) is 0 Å². The lowest BCUT2D eigenvalue weighted by Gasteiger charge is -2.00. The van der Waals surface area contributed by atoms with E-state index in [4.69, 9.17) is 1.28 Å². The quantitative estimate of drug-likeness (QED) is 0.400. The molecular weight excluding hydrogens is 183 g/mol. The lowest BCUT2D eigenvalue weighted by atomic mass is 10.3. The minimum atomic E-state index is -0.394. The van der Waals surface area contributed by atoms with Crippen molar-refractivity contribution in [1.29, 1.82) is 1.28 Å². The maximum atomic E-state index is 7.80. The van der Waals surface area contributed by atoms with Crippen molar-refractivity contribution in [3.8, 4) is 0 Å². The molecule has 0 aromatic carbocycles. The maximum absolute atomic E-state index is 7.80. The van der Waals surface area contributed by atoms with Crippen molar-refractivity contribution in [1.82, 2.24) is 0 Å². The highest BCUT2D eigenvalue weighted by atomic mass is 32.2. The number of thioether (sulfide) groups is 1. The fourth-order valence-electron chi connectivity index (χ4n) is 0.918. The van der Waals surface area contributed by atoms with Crippen molar-refractivity contribution in [2.75, 3.05) is 17.4 Å². The van der Waals surface area contributed by atoms with Gasteiger partial charge in [0.2, 0.25) is 0 Å². The molecule has 0 saturated heterocycles. The van der Waals surface area contributed by atoms with Crippen LogP contribution in [0.1, 0.15) is 46.0 Å². The molecule has 0 spiro atoms. The second-order valence-electron chi connectivity index (χ2n) is 3.05. The Balaban J connectivity index is 3.03. The van der Waals surface area contributed by atoms with Crippen LogP contribution in [0.3, 0.4) is 0 Å². The van der Waals surface area contributed by atoms with Gasteiger partial charge >= 0.3 is 0 Å². The van der Waals surface area contributed by atoms with E-state index in [0.717, 1.165) is 11.7 Å². The summed E-state index contributed by atoms with van der Waals surface area (Å²) in [5.74, 6) is 1.28. The summed E-state index contributed by atoms with van der Waals surface area (Å²) in [6.07, 6.45) is 7.68. The number of rotatable bonds is 9. The van der Waals surface area contributed by atoms with Crippen LogP contribution in [0.5, 0.6) is 0 Å². The van der Waals surface area contributed by atoms with Crippen LogP contribution >= 0.6 is 20.3 Å². The van der Waals surface area contributed by atoms with Crippen LogP contribution in [0, 0.1) is 0 Å². The van der Waals surface area contributed by atoms with Crippen LogP contribution in [0.25, 0.3) is 0 Å². The Morgan fingerprint density at radius 3 is 2.58 bits per heavy atom. The highest BCUT2D eigenvalue weighted by molar-refractivity contribution is 8.03. The van der Waals surface area contributed by atoms with Crippen molar-refractivity contribution < 1.29 is 0 Å². The Labute approximate surface area is 85.3 Å². The molecule has 12 heavy (non-hydrogen) atoms. The minimum Gasteiger partial charge on any atom is -0.158 e. The zero-order valence-electron chi connectivity index (χ0n) is 9.51. The topological polar surface area (TPSA) is 0 Å². The average Bonchev–Trinajstić information content (AvgIpc) is 2.14. The molecule has 0 rings (SSSR count). The van der Waals surface area contributed by atoms with E-state index in [0.29, 0.717) is 0 Å². The molecule has 0 radical (unpaired) electrons. The van der Waals surface area contributed by atoms with Crippen molar-refractivity contribution in [2.24, 2.45) is 0 Å². The average molecular weight is 207 g/mol. The molecule has 0 fully saturated rings. The van der Waals surface area contributed by atoms with Crippen LogP contribution in [0.15, 0.2) is 0 Å². The summed E-state index contributed by atoms with van der Waals surface area (Å²) >= 11 is 1.99. The molecule has 0 aliphatic carbocycles. The number of hydrogen-bond donors (Lipinski definition) is 0. The van der Waals surface area contributed by atoms with Gasteiger partial charge in [0, 0.05) is 5.49 Å². The number of unbranched alkanes of at least 4 members (excludes halogenated alkanes) is 3. The van der Waals surface area contributed by atoms with Gasteiger partial charge in [-0.2, -0.15) is 11.8 Å². The van der Waals surface area contributed by atoms with Gasteiger partial charge in [-0.1, -0.05) is 33.1 Å². The smallest absolute Gasteiger partial charge is 0.0588 e. The van der Waals surface area contributed by atoms with E-state index in [1.807, 2.05) is 11.8 Å². The molecule has 0 saturated carbocycles. The summed E-state index contributed by atoms with van der Waals surface area (Å²) in [5.41, 5.74) is 1.11. The van der Waals surface area contributed by atoms with E-state index in [-0.39, 0.29) is 0 Å². The second-order valence-corrected chi connectivity index (χ2v) is 5.79. The Bertz CT molecular complexity index is 101. The SMILES string of the molecule is [2H]P(CCCC)CSCCCCC. The molecule has 74 valence electrons. The molecule has 0 bridgehead atoms. The molecule has 0 nitrogen and oxygen atoms in total. The largest absolute Gasteiger partial charge is 0.158 e. The first kappa shape index (κ1) is 10.9. The van der Waals surface area contributed by atoms with Gasteiger partial charge in [-0.05, 0) is 24.8 Å². The van der Waals surface area contributed by atoms with E-state index in [1.165, 1.54) is 37.9 Å². The van der Waals surface area contributed by atoms with Crippen molar-refractivity contribution in [2.45, 2.75) is 46.0 Å². The summed E-state index contributed by atoms with van der Waals surface area (Å²) < 4.78 is 7.80. The van der Waals surface area contributed by atoms with Crippen LogP contribution in [0.4, 0.5) is 0 Å². The minimum absolute atomic E-state index is 0.394. The van der Waals surface area contributed by atoms with Gasteiger partial charge in [-0.15, -0.1) is 8.53 Å². The zero-order chi connectivity index (χ0) is 9.94. The van der Waals surface area contributed by atoms with Gasteiger partial charge < -0.3 is 0 Å². The zero-order valence-corrected chi connectivity index (χ0v) is 10.2. The molecule has 0 aliphatic rings. The molecule has 2 heteroatoms. The molecule has 0 aromatic heterocycles. The Hall–Kier alpha value is 0.780. The van der Waals surface area contributed by atoms with Crippen LogP contribution < -0.4 is 0 Å². The van der Waals surface area contributed by atoms with E-state index >= 15 is 0 Å². The van der Waals surface area contributed by atoms with E-state index in [9.17, 15) is 0 Å². The summed E-state index contributed by atoms with van der Waals surface area (Å²) in [5, 5.41) is 0.